The lowest BCUT2D eigenvalue weighted by Gasteiger charge is -2.50. The molecule has 2 aliphatic carbocycles. The SMILES string of the molecule is COc1cc(O)c([C@H]2C3=CC[C@@H]4C(=O)N(c5cccc([N+](=O)[O-])c5)C(=O)[C@@H]4[C@@H]3C[C@H]3C(=O)N(Nc4ccc(C)cc4)C(=O)[C@@]23c2ccccc2)c(OC)c1. The summed E-state index contributed by atoms with van der Waals surface area (Å²) in [6.07, 6.45) is 2.00. The molecule has 2 saturated heterocycles. The molecular weight excluding hydrogens is 692 g/mol. The zero-order valence-electron chi connectivity index (χ0n) is 29.6. The smallest absolute Gasteiger partial charge is 0.271 e. The first-order valence-corrected chi connectivity index (χ1v) is 17.6. The summed E-state index contributed by atoms with van der Waals surface area (Å²) in [5, 5.41) is 24.5. The predicted octanol–water partition coefficient (Wildman–Crippen LogP) is 5.82. The second-order valence-electron chi connectivity index (χ2n) is 14.1. The third kappa shape index (κ3) is 4.98. The Morgan fingerprint density at radius 1 is 0.870 bits per heavy atom. The van der Waals surface area contributed by atoms with E-state index in [0.717, 1.165) is 15.5 Å². The van der Waals surface area contributed by atoms with Crippen LogP contribution in [0.5, 0.6) is 17.2 Å². The number of carbonyl (C=O) groups excluding carboxylic acids is 4. The van der Waals surface area contributed by atoms with Crippen molar-refractivity contribution in [1.29, 1.82) is 0 Å². The van der Waals surface area contributed by atoms with Gasteiger partial charge in [0.25, 0.3) is 17.5 Å². The van der Waals surface area contributed by atoms with Crippen LogP contribution in [0.2, 0.25) is 0 Å². The molecule has 0 bridgehead atoms. The number of hydrazine groups is 1. The Balaban J connectivity index is 1.35. The number of ether oxygens (including phenoxy) is 2. The van der Waals surface area contributed by atoms with Crippen LogP contribution in [0.25, 0.3) is 0 Å². The maximum Gasteiger partial charge on any atom is 0.271 e. The molecule has 0 spiro atoms. The van der Waals surface area contributed by atoms with Crippen LogP contribution in [0, 0.1) is 40.7 Å². The summed E-state index contributed by atoms with van der Waals surface area (Å²) in [6, 6.07) is 24.6. The van der Waals surface area contributed by atoms with Crippen LogP contribution < -0.4 is 19.8 Å². The van der Waals surface area contributed by atoms with Crippen molar-refractivity contribution < 1.29 is 38.7 Å². The lowest BCUT2D eigenvalue weighted by Crippen LogP contribution is -2.53. The number of hydrogen-bond acceptors (Lipinski definition) is 10. The lowest BCUT2D eigenvalue weighted by atomic mass is 9.49. The molecule has 0 radical (unpaired) electrons. The van der Waals surface area contributed by atoms with E-state index in [2.05, 4.69) is 5.43 Å². The summed E-state index contributed by atoms with van der Waals surface area (Å²) < 4.78 is 11.3. The van der Waals surface area contributed by atoms with Crippen LogP contribution in [-0.4, -0.2) is 52.9 Å². The third-order valence-electron chi connectivity index (χ3n) is 11.5. The zero-order chi connectivity index (χ0) is 38.1. The highest BCUT2D eigenvalue weighted by molar-refractivity contribution is 6.22. The molecule has 8 rings (SSSR count). The van der Waals surface area contributed by atoms with E-state index >= 15 is 4.79 Å². The molecule has 4 aromatic rings. The van der Waals surface area contributed by atoms with Crippen LogP contribution in [0.3, 0.4) is 0 Å². The molecule has 4 aromatic carbocycles. The molecule has 0 unspecified atom stereocenters. The number of benzene rings is 4. The maximum absolute atomic E-state index is 15.4. The molecular formula is C41H36N4O9. The molecule has 0 aromatic heterocycles. The number of phenolic OH excluding ortho intramolecular Hbond substituents is 1. The largest absolute Gasteiger partial charge is 0.507 e. The van der Waals surface area contributed by atoms with Gasteiger partial charge >= 0.3 is 0 Å². The summed E-state index contributed by atoms with van der Waals surface area (Å²) in [4.78, 5) is 71.0. The Morgan fingerprint density at radius 2 is 1.61 bits per heavy atom. The van der Waals surface area contributed by atoms with Gasteiger partial charge in [0.15, 0.2) is 0 Å². The molecule has 2 N–H and O–H groups in total. The molecule has 6 atom stereocenters. The number of amides is 4. The molecule has 54 heavy (non-hydrogen) atoms. The number of nitro benzene ring substituents is 1. The molecule has 274 valence electrons. The van der Waals surface area contributed by atoms with Crippen molar-refractivity contribution >= 4 is 40.7 Å². The van der Waals surface area contributed by atoms with Crippen LogP contribution in [0.15, 0.2) is 103 Å². The minimum atomic E-state index is -1.64. The highest BCUT2D eigenvalue weighted by atomic mass is 16.6. The number of non-ortho nitro benzene ring substituents is 1. The van der Waals surface area contributed by atoms with Crippen LogP contribution in [0.1, 0.15) is 35.4 Å². The summed E-state index contributed by atoms with van der Waals surface area (Å²) in [5.74, 6) is -6.53. The number of nitrogens with one attached hydrogen (secondary N) is 1. The van der Waals surface area contributed by atoms with Gasteiger partial charge in [-0.3, -0.25) is 34.7 Å². The van der Waals surface area contributed by atoms with Gasteiger partial charge in [-0.05, 0) is 49.4 Å². The minimum Gasteiger partial charge on any atom is -0.507 e. The number of anilines is 2. The molecule has 4 amide bonds. The molecule has 2 aliphatic heterocycles. The number of phenols is 1. The van der Waals surface area contributed by atoms with Crippen LogP contribution in [0.4, 0.5) is 17.1 Å². The van der Waals surface area contributed by atoms with E-state index < -0.39 is 63.6 Å². The average Bonchev–Trinajstić information content (AvgIpc) is 3.56. The first kappa shape index (κ1) is 34.6. The van der Waals surface area contributed by atoms with Crippen molar-refractivity contribution in [3.05, 3.63) is 129 Å². The number of nitrogens with zero attached hydrogens (tertiary/aromatic N) is 3. The van der Waals surface area contributed by atoms with Crippen molar-refractivity contribution in [2.75, 3.05) is 24.5 Å². The molecule has 3 fully saturated rings. The number of methoxy groups -OCH3 is 2. The van der Waals surface area contributed by atoms with Crippen molar-refractivity contribution in [2.24, 2.45) is 23.7 Å². The second kappa shape index (κ2) is 12.9. The molecule has 13 heteroatoms. The topological polar surface area (TPSA) is 169 Å². The van der Waals surface area contributed by atoms with Gasteiger partial charge in [0, 0.05) is 35.7 Å². The van der Waals surface area contributed by atoms with Gasteiger partial charge in [0.1, 0.15) is 17.2 Å². The number of allylic oxidation sites excluding steroid dienone is 2. The first-order chi connectivity index (χ1) is 26.0. The highest BCUT2D eigenvalue weighted by Gasteiger charge is 2.71. The monoisotopic (exact) mass is 728 g/mol. The fraction of sp³-hybridized carbons (Fsp3) is 0.268. The van der Waals surface area contributed by atoms with Gasteiger partial charge in [-0.15, -0.1) is 0 Å². The number of carbonyl (C=O) groups is 4. The van der Waals surface area contributed by atoms with Crippen molar-refractivity contribution in [2.45, 2.75) is 31.1 Å². The Kier molecular flexibility index (Phi) is 8.24. The number of fused-ring (bicyclic) bond motifs is 4. The summed E-state index contributed by atoms with van der Waals surface area (Å²) >= 11 is 0. The first-order valence-electron chi connectivity index (χ1n) is 17.6. The van der Waals surface area contributed by atoms with Crippen LogP contribution >= 0.6 is 0 Å². The van der Waals surface area contributed by atoms with Gasteiger partial charge in [-0.25, -0.2) is 4.90 Å². The number of aromatic hydroxyl groups is 1. The molecule has 2 heterocycles. The number of hydrogen-bond donors (Lipinski definition) is 2. The Bertz CT molecular complexity index is 2270. The quantitative estimate of drug-likeness (QED) is 0.0977. The lowest BCUT2D eigenvalue weighted by molar-refractivity contribution is -0.384. The molecule has 1 saturated carbocycles. The molecule has 4 aliphatic rings. The standard InChI is InChI=1S/C41H36N4O9/c1-22-12-14-24(15-13-22)42-44-38(48)31-21-30-28(16-17-29-34(30)39(49)43(37(29)47)25-10-7-11-26(18-25)45(51)52)36(35-32(46)19-27(53-2)20-33(35)54-3)41(31,40(44)50)23-8-5-4-6-9-23/h4-16,18-20,29-31,34,36,42,46H,17,21H2,1-3H3/t29-,30+,31-,34-,36+,41+/m0/s1. The van der Waals surface area contributed by atoms with Gasteiger partial charge in [-0.2, -0.15) is 5.01 Å². The number of nitro groups is 1. The second-order valence-corrected chi connectivity index (χ2v) is 14.1. The highest BCUT2D eigenvalue weighted by Crippen LogP contribution is 2.66. The zero-order valence-corrected chi connectivity index (χ0v) is 29.6. The fourth-order valence-corrected chi connectivity index (χ4v) is 9.23. The Labute approximate surface area is 309 Å². The summed E-state index contributed by atoms with van der Waals surface area (Å²) in [6.45, 7) is 1.92. The van der Waals surface area contributed by atoms with Gasteiger partial charge in [0.05, 0.1) is 53.7 Å². The summed E-state index contributed by atoms with van der Waals surface area (Å²) in [7, 11) is 2.87. The normalized spacial score (nSPS) is 25.8. The van der Waals surface area contributed by atoms with Gasteiger partial charge in [0.2, 0.25) is 11.8 Å². The van der Waals surface area contributed by atoms with E-state index in [9.17, 15) is 29.6 Å². The summed E-state index contributed by atoms with van der Waals surface area (Å²) in [5.41, 5.74) is 4.07. The Hall–Kier alpha value is -6.50. The average molecular weight is 729 g/mol. The van der Waals surface area contributed by atoms with Crippen molar-refractivity contribution in [3.63, 3.8) is 0 Å². The minimum absolute atomic E-state index is 0.0239. The van der Waals surface area contributed by atoms with E-state index in [1.807, 2.05) is 25.1 Å². The third-order valence-corrected chi connectivity index (χ3v) is 11.5. The van der Waals surface area contributed by atoms with E-state index in [4.69, 9.17) is 9.47 Å². The van der Waals surface area contributed by atoms with E-state index in [-0.39, 0.29) is 41.3 Å². The predicted molar refractivity (Wildman–Crippen MR) is 196 cm³/mol. The van der Waals surface area contributed by atoms with Gasteiger partial charge in [-0.1, -0.05) is 65.7 Å². The number of aryl methyl sites for hydroxylation is 1. The van der Waals surface area contributed by atoms with E-state index in [0.29, 0.717) is 22.6 Å². The fourth-order valence-electron chi connectivity index (χ4n) is 9.23. The number of rotatable bonds is 8. The number of imide groups is 2. The van der Waals surface area contributed by atoms with Crippen molar-refractivity contribution in [1.82, 2.24) is 5.01 Å². The van der Waals surface area contributed by atoms with Crippen molar-refractivity contribution in [3.8, 4) is 17.2 Å². The molecule has 13 nitrogen and oxygen atoms in total. The van der Waals surface area contributed by atoms with E-state index in [1.54, 1.807) is 48.5 Å². The maximum atomic E-state index is 15.4. The Morgan fingerprint density at radius 3 is 2.30 bits per heavy atom. The van der Waals surface area contributed by atoms with Crippen LogP contribution in [-0.2, 0) is 24.6 Å². The van der Waals surface area contributed by atoms with Gasteiger partial charge < -0.3 is 14.6 Å². The van der Waals surface area contributed by atoms with E-state index in [1.165, 1.54) is 44.6 Å².